The standard InChI is InChI=1S/C18H28N4O2/c1-18(2,3)17(24)21-11-13-7-6-10-22(12-13)15-14(16(23)19-4)8-5-9-20-15/h5,8-9,13H,6-7,10-12H2,1-4H3,(H,19,23)(H,21,24). The van der Waals surface area contributed by atoms with Gasteiger partial charge in [-0.2, -0.15) is 0 Å². The van der Waals surface area contributed by atoms with Crippen molar-refractivity contribution < 1.29 is 9.59 Å². The third-order valence-electron chi connectivity index (χ3n) is 4.31. The lowest BCUT2D eigenvalue weighted by atomic mass is 9.94. The van der Waals surface area contributed by atoms with Gasteiger partial charge in [-0.3, -0.25) is 9.59 Å². The second-order valence-electron chi connectivity index (χ2n) is 7.37. The molecular weight excluding hydrogens is 304 g/mol. The van der Waals surface area contributed by atoms with E-state index in [-0.39, 0.29) is 17.2 Å². The Morgan fingerprint density at radius 1 is 1.38 bits per heavy atom. The SMILES string of the molecule is CNC(=O)c1cccnc1N1CCCC(CNC(=O)C(C)(C)C)C1. The molecule has 0 aliphatic carbocycles. The third kappa shape index (κ3) is 4.46. The monoisotopic (exact) mass is 332 g/mol. The van der Waals surface area contributed by atoms with Crippen molar-refractivity contribution >= 4 is 17.6 Å². The molecule has 2 amide bonds. The molecule has 0 saturated carbocycles. The topological polar surface area (TPSA) is 74.3 Å². The van der Waals surface area contributed by atoms with Crippen molar-refractivity contribution in [3.63, 3.8) is 0 Å². The van der Waals surface area contributed by atoms with Crippen LogP contribution in [0.15, 0.2) is 18.3 Å². The summed E-state index contributed by atoms with van der Waals surface area (Å²) in [7, 11) is 1.63. The van der Waals surface area contributed by atoms with Crippen molar-refractivity contribution in [2.24, 2.45) is 11.3 Å². The molecule has 1 aromatic heterocycles. The molecule has 2 heterocycles. The average Bonchev–Trinajstić information content (AvgIpc) is 2.58. The summed E-state index contributed by atoms with van der Waals surface area (Å²) in [4.78, 5) is 30.7. The Balaban J connectivity index is 2.04. The molecule has 24 heavy (non-hydrogen) atoms. The van der Waals surface area contributed by atoms with E-state index in [4.69, 9.17) is 0 Å². The van der Waals surface area contributed by atoms with Gasteiger partial charge in [-0.1, -0.05) is 20.8 Å². The number of amides is 2. The van der Waals surface area contributed by atoms with Gasteiger partial charge in [0, 0.05) is 38.3 Å². The fourth-order valence-electron chi connectivity index (χ4n) is 2.89. The Bertz CT molecular complexity index is 595. The van der Waals surface area contributed by atoms with E-state index in [1.54, 1.807) is 25.4 Å². The van der Waals surface area contributed by atoms with E-state index in [0.717, 1.165) is 31.7 Å². The van der Waals surface area contributed by atoms with Gasteiger partial charge >= 0.3 is 0 Å². The normalized spacial score (nSPS) is 18.2. The van der Waals surface area contributed by atoms with Crippen LogP contribution in [0.3, 0.4) is 0 Å². The van der Waals surface area contributed by atoms with E-state index in [1.165, 1.54) is 0 Å². The Morgan fingerprint density at radius 3 is 2.79 bits per heavy atom. The third-order valence-corrected chi connectivity index (χ3v) is 4.31. The zero-order valence-corrected chi connectivity index (χ0v) is 15.1. The molecule has 1 unspecified atom stereocenters. The molecule has 2 N–H and O–H groups in total. The lowest BCUT2D eigenvalue weighted by Gasteiger charge is -2.34. The smallest absolute Gasteiger partial charge is 0.254 e. The molecule has 1 fully saturated rings. The zero-order chi connectivity index (χ0) is 17.7. The molecule has 0 bridgehead atoms. The van der Waals surface area contributed by atoms with E-state index in [1.807, 2.05) is 20.8 Å². The summed E-state index contributed by atoms with van der Waals surface area (Å²) in [6.45, 7) is 8.09. The largest absolute Gasteiger partial charge is 0.356 e. The predicted molar refractivity (Wildman–Crippen MR) is 95.0 cm³/mol. The van der Waals surface area contributed by atoms with Crippen LogP contribution >= 0.6 is 0 Å². The summed E-state index contributed by atoms with van der Waals surface area (Å²) >= 11 is 0. The van der Waals surface area contributed by atoms with E-state index in [2.05, 4.69) is 20.5 Å². The number of anilines is 1. The van der Waals surface area contributed by atoms with Gasteiger partial charge in [0.1, 0.15) is 5.82 Å². The first-order chi connectivity index (χ1) is 11.3. The van der Waals surface area contributed by atoms with Crippen LogP contribution in [0.2, 0.25) is 0 Å². The Morgan fingerprint density at radius 2 is 2.12 bits per heavy atom. The highest BCUT2D eigenvalue weighted by molar-refractivity contribution is 5.98. The molecule has 1 saturated heterocycles. The molecule has 2 rings (SSSR count). The average molecular weight is 332 g/mol. The fraction of sp³-hybridized carbons (Fsp3) is 0.611. The van der Waals surface area contributed by atoms with Crippen LogP contribution in [0.25, 0.3) is 0 Å². The second kappa shape index (κ2) is 7.64. The van der Waals surface area contributed by atoms with Gasteiger partial charge in [-0.05, 0) is 30.9 Å². The van der Waals surface area contributed by atoms with Gasteiger partial charge in [0.05, 0.1) is 5.56 Å². The number of carbonyl (C=O) groups is 2. The second-order valence-corrected chi connectivity index (χ2v) is 7.37. The molecule has 0 spiro atoms. The summed E-state index contributed by atoms with van der Waals surface area (Å²) in [5.41, 5.74) is 0.223. The number of hydrogen-bond acceptors (Lipinski definition) is 4. The van der Waals surface area contributed by atoms with Gasteiger partial charge < -0.3 is 15.5 Å². The van der Waals surface area contributed by atoms with E-state index >= 15 is 0 Å². The molecule has 0 aromatic carbocycles. The number of pyridine rings is 1. The lowest BCUT2D eigenvalue weighted by molar-refractivity contribution is -0.128. The maximum Gasteiger partial charge on any atom is 0.254 e. The van der Waals surface area contributed by atoms with Crippen LogP contribution < -0.4 is 15.5 Å². The molecule has 1 aliphatic rings. The van der Waals surface area contributed by atoms with Crippen LogP contribution in [0, 0.1) is 11.3 Å². The Labute approximate surface area is 144 Å². The number of rotatable bonds is 4. The van der Waals surface area contributed by atoms with Gasteiger partial charge in [-0.25, -0.2) is 4.98 Å². The first kappa shape index (κ1) is 18.2. The number of nitrogens with one attached hydrogen (secondary N) is 2. The highest BCUT2D eigenvalue weighted by Gasteiger charge is 2.26. The van der Waals surface area contributed by atoms with E-state index in [9.17, 15) is 9.59 Å². The van der Waals surface area contributed by atoms with Crippen molar-refractivity contribution in [2.45, 2.75) is 33.6 Å². The number of hydrogen-bond donors (Lipinski definition) is 2. The molecule has 6 nitrogen and oxygen atoms in total. The zero-order valence-electron chi connectivity index (χ0n) is 15.1. The van der Waals surface area contributed by atoms with Crippen molar-refractivity contribution in [3.8, 4) is 0 Å². The lowest BCUT2D eigenvalue weighted by Crippen LogP contribution is -2.44. The summed E-state index contributed by atoms with van der Waals surface area (Å²) in [6, 6.07) is 3.57. The van der Waals surface area contributed by atoms with Crippen LogP contribution in [0.4, 0.5) is 5.82 Å². The summed E-state index contributed by atoms with van der Waals surface area (Å²) < 4.78 is 0. The molecule has 1 atom stereocenters. The number of carbonyl (C=O) groups excluding carboxylic acids is 2. The summed E-state index contributed by atoms with van der Waals surface area (Å²) in [6.07, 6.45) is 3.82. The maximum atomic E-state index is 12.1. The van der Waals surface area contributed by atoms with Gasteiger partial charge in [0.25, 0.3) is 5.91 Å². The fourth-order valence-corrected chi connectivity index (χ4v) is 2.89. The number of piperidine rings is 1. The van der Waals surface area contributed by atoms with Crippen LogP contribution in [-0.4, -0.2) is 43.5 Å². The highest BCUT2D eigenvalue weighted by Crippen LogP contribution is 2.24. The number of aromatic nitrogens is 1. The van der Waals surface area contributed by atoms with Crippen LogP contribution in [0.1, 0.15) is 44.0 Å². The molecule has 1 aliphatic heterocycles. The predicted octanol–water partition coefficient (Wildman–Crippen LogP) is 1.82. The van der Waals surface area contributed by atoms with Crippen LogP contribution in [-0.2, 0) is 4.79 Å². The molecule has 0 radical (unpaired) electrons. The molecular formula is C18H28N4O2. The van der Waals surface area contributed by atoms with Crippen molar-refractivity contribution in [3.05, 3.63) is 23.9 Å². The van der Waals surface area contributed by atoms with Crippen molar-refractivity contribution in [2.75, 3.05) is 31.6 Å². The van der Waals surface area contributed by atoms with Gasteiger partial charge in [0.15, 0.2) is 0 Å². The van der Waals surface area contributed by atoms with Gasteiger partial charge in [0.2, 0.25) is 5.91 Å². The summed E-state index contributed by atoms with van der Waals surface area (Å²) in [5, 5.41) is 5.71. The Hall–Kier alpha value is -2.11. The molecule has 6 heteroatoms. The number of nitrogens with zero attached hydrogens (tertiary/aromatic N) is 2. The van der Waals surface area contributed by atoms with Crippen LogP contribution in [0.5, 0.6) is 0 Å². The minimum absolute atomic E-state index is 0.0727. The maximum absolute atomic E-state index is 12.1. The van der Waals surface area contributed by atoms with E-state index < -0.39 is 0 Å². The van der Waals surface area contributed by atoms with E-state index in [0.29, 0.717) is 18.0 Å². The first-order valence-electron chi connectivity index (χ1n) is 8.53. The Kier molecular flexibility index (Phi) is 5.80. The molecule has 1 aromatic rings. The molecule has 132 valence electrons. The minimum atomic E-state index is -0.373. The first-order valence-corrected chi connectivity index (χ1v) is 8.53. The highest BCUT2D eigenvalue weighted by atomic mass is 16.2. The van der Waals surface area contributed by atoms with Crippen molar-refractivity contribution in [1.82, 2.24) is 15.6 Å². The minimum Gasteiger partial charge on any atom is -0.356 e. The van der Waals surface area contributed by atoms with Gasteiger partial charge in [-0.15, -0.1) is 0 Å². The quantitative estimate of drug-likeness (QED) is 0.882. The summed E-state index contributed by atoms with van der Waals surface area (Å²) in [5.74, 6) is 1.04. The van der Waals surface area contributed by atoms with Crippen molar-refractivity contribution in [1.29, 1.82) is 0 Å².